The molecular formula is C14H26N2O2. The average molecular weight is 254 g/mol. The molecule has 1 aliphatic carbocycles. The molecule has 0 bridgehead atoms. The molecule has 4 nitrogen and oxygen atoms in total. The van der Waals surface area contributed by atoms with E-state index in [2.05, 4.69) is 0 Å². The second kappa shape index (κ2) is 6.53. The fourth-order valence-corrected chi connectivity index (χ4v) is 3.32. The van der Waals surface area contributed by atoms with Crippen LogP contribution in [0.4, 0.5) is 0 Å². The van der Waals surface area contributed by atoms with Crippen molar-refractivity contribution in [2.45, 2.75) is 44.6 Å². The van der Waals surface area contributed by atoms with Crippen LogP contribution in [0.1, 0.15) is 38.5 Å². The zero-order valence-corrected chi connectivity index (χ0v) is 11.4. The van der Waals surface area contributed by atoms with Crippen molar-refractivity contribution in [3.05, 3.63) is 0 Å². The molecule has 2 rings (SSSR count). The first-order valence-electron chi connectivity index (χ1n) is 7.26. The van der Waals surface area contributed by atoms with Gasteiger partial charge in [-0.1, -0.05) is 6.42 Å². The molecule has 1 saturated carbocycles. The van der Waals surface area contributed by atoms with E-state index in [-0.39, 0.29) is 12.0 Å². The van der Waals surface area contributed by atoms with Gasteiger partial charge < -0.3 is 15.4 Å². The maximum atomic E-state index is 12.5. The van der Waals surface area contributed by atoms with Gasteiger partial charge in [-0.2, -0.15) is 0 Å². The number of likely N-dealkylation sites (tertiary alicyclic amines) is 1. The second-order valence-electron chi connectivity index (χ2n) is 5.75. The molecule has 0 spiro atoms. The van der Waals surface area contributed by atoms with E-state index in [0.717, 1.165) is 51.7 Å². The van der Waals surface area contributed by atoms with Crippen LogP contribution in [0, 0.1) is 11.8 Å². The van der Waals surface area contributed by atoms with Crippen LogP contribution in [0.25, 0.3) is 0 Å². The smallest absolute Gasteiger partial charge is 0.225 e. The van der Waals surface area contributed by atoms with E-state index in [1.807, 2.05) is 4.90 Å². The zero-order chi connectivity index (χ0) is 13.0. The fraction of sp³-hybridized carbons (Fsp3) is 0.929. The van der Waals surface area contributed by atoms with Crippen molar-refractivity contribution in [1.82, 2.24) is 4.90 Å². The van der Waals surface area contributed by atoms with E-state index in [0.29, 0.717) is 11.8 Å². The molecule has 3 atom stereocenters. The summed E-state index contributed by atoms with van der Waals surface area (Å²) in [6.07, 6.45) is 6.76. The Kier molecular flexibility index (Phi) is 5.01. The summed E-state index contributed by atoms with van der Waals surface area (Å²) in [6.45, 7) is 2.41. The maximum absolute atomic E-state index is 12.5. The SMILES string of the molecule is COC1CCCN(C(=O)C2CCCC(CN)C2)C1. The number of nitrogens with two attached hydrogens (primary N) is 1. The number of carbonyl (C=O) groups excluding carboxylic acids is 1. The Bertz CT molecular complexity index is 257. The number of hydrogen-bond donors (Lipinski definition) is 1. The Morgan fingerprint density at radius 2 is 2.17 bits per heavy atom. The van der Waals surface area contributed by atoms with Gasteiger partial charge in [0.05, 0.1) is 6.10 Å². The van der Waals surface area contributed by atoms with Gasteiger partial charge in [-0.15, -0.1) is 0 Å². The first-order valence-corrected chi connectivity index (χ1v) is 7.26. The fourth-order valence-electron chi connectivity index (χ4n) is 3.32. The van der Waals surface area contributed by atoms with Gasteiger partial charge in [0.1, 0.15) is 0 Å². The number of methoxy groups -OCH3 is 1. The molecule has 1 aliphatic heterocycles. The molecule has 104 valence electrons. The molecule has 1 saturated heterocycles. The minimum absolute atomic E-state index is 0.211. The highest BCUT2D eigenvalue weighted by atomic mass is 16.5. The largest absolute Gasteiger partial charge is 0.380 e. The van der Waals surface area contributed by atoms with Crippen LogP contribution in [0.5, 0.6) is 0 Å². The topological polar surface area (TPSA) is 55.6 Å². The van der Waals surface area contributed by atoms with Crippen LogP contribution in [-0.2, 0) is 9.53 Å². The summed E-state index contributed by atoms with van der Waals surface area (Å²) in [5.41, 5.74) is 5.74. The molecule has 2 N–H and O–H groups in total. The van der Waals surface area contributed by atoms with Crippen molar-refractivity contribution < 1.29 is 9.53 Å². The third kappa shape index (κ3) is 3.23. The van der Waals surface area contributed by atoms with Crippen molar-refractivity contribution in [3.8, 4) is 0 Å². The third-order valence-electron chi connectivity index (χ3n) is 4.49. The van der Waals surface area contributed by atoms with Crippen molar-refractivity contribution in [2.24, 2.45) is 17.6 Å². The molecule has 0 aromatic heterocycles. The highest BCUT2D eigenvalue weighted by molar-refractivity contribution is 5.79. The average Bonchev–Trinajstić information content (AvgIpc) is 2.46. The molecule has 4 heteroatoms. The predicted octanol–water partition coefficient (Wildman–Crippen LogP) is 1.39. The molecule has 2 aliphatic rings. The van der Waals surface area contributed by atoms with Gasteiger partial charge in [-0.3, -0.25) is 4.79 Å². The minimum atomic E-state index is 0.211. The molecular weight excluding hydrogens is 228 g/mol. The Balaban J connectivity index is 1.89. The molecule has 0 radical (unpaired) electrons. The van der Waals surface area contributed by atoms with E-state index >= 15 is 0 Å². The van der Waals surface area contributed by atoms with Crippen molar-refractivity contribution in [1.29, 1.82) is 0 Å². The number of rotatable bonds is 3. The molecule has 1 heterocycles. The van der Waals surface area contributed by atoms with Crippen LogP contribution < -0.4 is 5.73 Å². The standard InChI is InChI=1S/C14H26N2O2/c1-18-13-6-3-7-16(10-13)14(17)12-5-2-4-11(8-12)9-15/h11-13H,2-10,15H2,1H3. The summed E-state index contributed by atoms with van der Waals surface area (Å²) in [4.78, 5) is 14.5. The van der Waals surface area contributed by atoms with E-state index in [4.69, 9.17) is 10.5 Å². The molecule has 3 unspecified atom stereocenters. The summed E-state index contributed by atoms with van der Waals surface area (Å²) >= 11 is 0. The van der Waals surface area contributed by atoms with E-state index in [1.165, 1.54) is 6.42 Å². The van der Waals surface area contributed by atoms with Crippen molar-refractivity contribution >= 4 is 5.91 Å². The number of amides is 1. The Hall–Kier alpha value is -0.610. The van der Waals surface area contributed by atoms with Gasteiger partial charge >= 0.3 is 0 Å². The van der Waals surface area contributed by atoms with Gasteiger partial charge in [0.25, 0.3) is 0 Å². The summed E-state index contributed by atoms with van der Waals surface area (Å²) in [5, 5.41) is 0. The van der Waals surface area contributed by atoms with Crippen molar-refractivity contribution in [3.63, 3.8) is 0 Å². The molecule has 0 aromatic rings. The highest BCUT2D eigenvalue weighted by Crippen LogP contribution is 2.30. The Morgan fingerprint density at radius 3 is 2.89 bits per heavy atom. The first kappa shape index (κ1) is 13.8. The van der Waals surface area contributed by atoms with E-state index in [1.54, 1.807) is 7.11 Å². The first-order chi connectivity index (χ1) is 8.74. The lowest BCUT2D eigenvalue weighted by Crippen LogP contribution is -2.46. The zero-order valence-electron chi connectivity index (χ0n) is 11.4. The Labute approximate surface area is 110 Å². The van der Waals surface area contributed by atoms with Gasteiger partial charge in [0.15, 0.2) is 0 Å². The van der Waals surface area contributed by atoms with Gasteiger partial charge in [-0.05, 0) is 44.6 Å². The number of carbonyl (C=O) groups is 1. The monoisotopic (exact) mass is 254 g/mol. The number of hydrogen-bond acceptors (Lipinski definition) is 3. The lowest BCUT2D eigenvalue weighted by molar-refractivity contribution is -0.140. The summed E-state index contributed by atoms with van der Waals surface area (Å²) in [5.74, 6) is 1.11. The second-order valence-corrected chi connectivity index (χ2v) is 5.75. The van der Waals surface area contributed by atoms with Crippen LogP contribution in [0.2, 0.25) is 0 Å². The summed E-state index contributed by atoms with van der Waals surface area (Å²) < 4.78 is 5.39. The predicted molar refractivity (Wildman–Crippen MR) is 71.1 cm³/mol. The highest BCUT2D eigenvalue weighted by Gasteiger charge is 2.32. The van der Waals surface area contributed by atoms with E-state index in [9.17, 15) is 4.79 Å². The van der Waals surface area contributed by atoms with Gasteiger partial charge in [-0.25, -0.2) is 0 Å². The minimum Gasteiger partial charge on any atom is -0.380 e. The molecule has 1 amide bonds. The molecule has 0 aromatic carbocycles. The molecule has 2 fully saturated rings. The maximum Gasteiger partial charge on any atom is 0.225 e. The van der Waals surface area contributed by atoms with Crippen molar-refractivity contribution in [2.75, 3.05) is 26.7 Å². The number of ether oxygens (including phenoxy) is 1. The normalized spacial score (nSPS) is 33.4. The summed E-state index contributed by atoms with van der Waals surface area (Å²) in [6, 6.07) is 0. The Morgan fingerprint density at radius 1 is 1.33 bits per heavy atom. The lowest BCUT2D eigenvalue weighted by atomic mass is 9.80. The van der Waals surface area contributed by atoms with Crippen LogP contribution in [0.15, 0.2) is 0 Å². The number of piperidine rings is 1. The quantitative estimate of drug-likeness (QED) is 0.828. The third-order valence-corrected chi connectivity index (χ3v) is 4.49. The lowest BCUT2D eigenvalue weighted by Gasteiger charge is -2.36. The number of nitrogens with zero attached hydrogens (tertiary/aromatic N) is 1. The molecule has 18 heavy (non-hydrogen) atoms. The van der Waals surface area contributed by atoms with Gasteiger partial charge in [0, 0.05) is 26.1 Å². The van der Waals surface area contributed by atoms with E-state index < -0.39 is 0 Å². The summed E-state index contributed by atoms with van der Waals surface area (Å²) in [7, 11) is 1.74. The van der Waals surface area contributed by atoms with Crippen LogP contribution >= 0.6 is 0 Å². The van der Waals surface area contributed by atoms with Crippen LogP contribution in [0.3, 0.4) is 0 Å². The van der Waals surface area contributed by atoms with Gasteiger partial charge in [0.2, 0.25) is 5.91 Å². The van der Waals surface area contributed by atoms with Crippen LogP contribution in [-0.4, -0.2) is 43.7 Å².